The summed E-state index contributed by atoms with van der Waals surface area (Å²) in [6.07, 6.45) is 0. The second kappa shape index (κ2) is 6.08. The first-order chi connectivity index (χ1) is 9.07. The van der Waals surface area contributed by atoms with Crippen LogP contribution in [0.2, 0.25) is 0 Å². The van der Waals surface area contributed by atoms with E-state index in [4.69, 9.17) is 4.74 Å². The minimum Gasteiger partial charge on any atom is -0.475 e. The Hall–Kier alpha value is -1.53. The summed E-state index contributed by atoms with van der Waals surface area (Å²) >= 11 is 3.29. The number of para-hydroxylation sites is 2. The van der Waals surface area contributed by atoms with Gasteiger partial charge >= 0.3 is 0 Å². The number of ether oxygens (including phenoxy) is 1. The molecule has 0 radical (unpaired) electrons. The number of halogens is 1. The van der Waals surface area contributed by atoms with Crippen LogP contribution >= 0.6 is 15.9 Å². The lowest BCUT2D eigenvalue weighted by atomic mass is 10.3. The summed E-state index contributed by atoms with van der Waals surface area (Å²) in [4.78, 5) is 0. The highest BCUT2D eigenvalue weighted by Crippen LogP contribution is 2.24. The van der Waals surface area contributed by atoms with Gasteiger partial charge in [-0.05, 0) is 40.2 Å². The van der Waals surface area contributed by atoms with Crippen LogP contribution in [0.15, 0.2) is 59.1 Å². The molecule has 0 spiro atoms. The molecular formula is C13H12BrNO3S. The van der Waals surface area contributed by atoms with E-state index in [1.807, 2.05) is 12.1 Å². The molecule has 2 aromatic carbocycles. The maximum Gasteiger partial charge on any atom is 0.268 e. The Labute approximate surface area is 120 Å². The van der Waals surface area contributed by atoms with Crippen LogP contribution in [0.1, 0.15) is 0 Å². The third kappa shape index (κ3) is 4.25. The van der Waals surface area contributed by atoms with Gasteiger partial charge in [-0.25, -0.2) is 8.42 Å². The van der Waals surface area contributed by atoms with Gasteiger partial charge in [0.1, 0.15) is 5.75 Å². The molecule has 2 rings (SSSR count). The quantitative estimate of drug-likeness (QED) is 0.908. The van der Waals surface area contributed by atoms with Crippen molar-refractivity contribution in [3.05, 3.63) is 59.1 Å². The Morgan fingerprint density at radius 2 is 1.63 bits per heavy atom. The fraction of sp³-hybridized carbons (Fsp3) is 0.0769. The van der Waals surface area contributed by atoms with Crippen molar-refractivity contribution in [2.75, 3.05) is 10.7 Å². The van der Waals surface area contributed by atoms with Crippen LogP contribution in [-0.4, -0.2) is 14.4 Å². The number of nitrogens with one attached hydrogen (secondary N) is 1. The molecule has 0 aliphatic heterocycles. The summed E-state index contributed by atoms with van der Waals surface area (Å²) < 4.78 is 32.1. The number of hydrogen-bond donors (Lipinski definition) is 1. The first kappa shape index (κ1) is 13.9. The molecule has 0 saturated heterocycles. The lowest BCUT2D eigenvalue weighted by Gasteiger charge is -2.10. The van der Waals surface area contributed by atoms with Crippen molar-refractivity contribution in [2.45, 2.75) is 0 Å². The third-order valence-corrected chi connectivity index (χ3v) is 3.88. The second-order valence-corrected chi connectivity index (χ2v) is 6.30. The topological polar surface area (TPSA) is 55.4 Å². The van der Waals surface area contributed by atoms with Crippen molar-refractivity contribution in [2.24, 2.45) is 0 Å². The van der Waals surface area contributed by atoms with E-state index in [0.29, 0.717) is 15.9 Å². The van der Waals surface area contributed by atoms with Gasteiger partial charge in [-0.15, -0.1) is 0 Å². The van der Waals surface area contributed by atoms with Gasteiger partial charge in [-0.3, -0.25) is 4.72 Å². The van der Waals surface area contributed by atoms with Gasteiger partial charge in [0.15, 0.2) is 0 Å². The minimum absolute atomic E-state index is 0.440. The van der Waals surface area contributed by atoms with Crippen LogP contribution in [0.4, 0.5) is 5.69 Å². The molecule has 2 aromatic rings. The molecule has 0 bridgehead atoms. The van der Waals surface area contributed by atoms with E-state index in [9.17, 15) is 8.42 Å². The number of rotatable bonds is 5. The Kier molecular flexibility index (Phi) is 4.44. The Bertz CT molecular complexity index is 644. The average Bonchev–Trinajstić information content (AvgIpc) is 2.38. The van der Waals surface area contributed by atoms with Crippen LogP contribution in [0.5, 0.6) is 5.75 Å². The van der Waals surface area contributed by atoms with Gasteiger partial charge in [0.05, 0.1) is 4.47 Å². The molecule has 0 atom stereocenters. The maximum atomic E-state index is 11.8. The van der Waals surface area contributed by atoms with Crippen LogP contribution < -0.4 is 9.46 Å². The van der Waals surface area contributed by atoms with Gasteiger partial charge in [0.2, 0.25) is 5.94 Å². The summed E-state index contributed by atoms with van der Waals surface area (Å²) in [6, 6.07) is 15.8. The average molecular weight is 342 g/mol. The van der Waals surface area contributed by atoms with Crippen LogP contribution in [0, 0.1) is 0 Å². The summed E-state index contributed by atoms with van der Waals surface area (Å²) in [5.74, 6) is 0.0470. The zero-order valence-corrected chi connectivity index (χ0v) is 12.3. The smallest absolute Gasteiger partial charge is 0.268 e. The minimum atomic E-state index is -3.54. The lowest BCUT2D eigenvalue weighted by Crippen LogP contribution is -2.20. The molecule has 0 unspecified atom stereocenters. The van der Waals surface area contributed by atoms with Gasteiger partial charge < -0.3 is 4.74 Å². The molecule has 6 heteroatoms. The van der Waals surface area contributed by atoms with Crippen molar-refractivity contribution in [3.63, 3.8) is 0 Å². The Balaban J connectivity index is 2.01. The molecule has 0 aliphatic rings. The van der Waals surface area contributed by atoms with Crippen molar-refractivity contribution < 1.29 is 13.2 Å². The number of sulfonamides is 1. The van der Waals surface area contributed by atoms with Crippen molar-refractivity contribution >= 4 is 31.6 Å². The SMILES string of the molecule is O=S(=O)(COc1ccccc1Br)Nc1ccccc1. The highest BCUT2D eigenvalue weighted by Gasteiger charge is 2.12. The summed E-state index contributed by atoms with van der Waals surface area (Å²) in [6.45, 7) is 0. The highest BCUT2D eigenvalue weighted by molar-refractivity contribution is 9.10. The van der Waals surface area contributed by atoms with Crippen molar-refractivity contribution in [1.29, 1.82) is 0 Å². The normalized spacial score (nSPS) is 11.0. The van der Waals surface area contributed by atoms with Crippen LogP contribution in [0.25, 0.3) is 0 Å². The van der Waals surface area contributed by atoms with Crippen LogP contribution in [-0.2, 0) is 10.0 Å². The zero-order valence-electron chi connectivity index (χ0n) is 9.91. The molecule has 0 amide bonds. The van der Waals surface area contributed by atoms with Gasteiger partial charge in [-0.1, -0.05) is 30.3 Å². The standard InChI is InChI=1S/C13H12BrNO3S/c14-12-8-4-5-9-13(12)18-10-19(16,17)15-11-6-2-1-3-7-11/h1-9,15H,10H2. The molecule has 0 aliphatic carbocycles. The largest absolute Gasteiger partial charge is 0.475 e. The molecule has 0 aromatic heterocycles. The molecule has 0 fully saturated rings. The first-order valence-corrected chi connectivity index (χ1v) is 7.94. The van der Waals surface area contributed by atoms with E-state index in [1.165, 1.54) is 0 Å². The second-order valence-electron chi connectivity index (χ2n) is 3.78. The fourth-order valence-corrected chi connectivity index (χ4v) is 2.65. The molecule has 4 nitrogen and oxygen atoms in total. The van der Waals surface area contributed by atoms with Crippen molar-refractivity contribution in [1.82, 2.24) is 0 Å². The van der Waals surface area contributed by atoms with Gasteiger partial charge in [0.25, 0.3) is 10.0 Å². The van der Waals surface area contributed by atoms with E-state index < -0.39 is 16.0 Å². The predicted molar refractivity (Wildman–Crippen MR) is 78.6 cm³/mol. The molecule has 1 N–H and O–H groups in total. The summed E-state index contributed by atoms with van der Waals surface area (Å²) in [5.41, 5.74) is 0.512. The molecule has 19 heavy (non-hydrogen) atoms. The lowest BCUT2D eigenvalue weighted by molar-refractivity contribution is 0.375. The number of benzene rings is 2. The Morgan fingerprint density at radius 3 is 2.32 bits per heavy atom. The maximum absolute atomic E-state index is 11.8. The van der Waals surface area contributed by atoms with E-state index in [0.717, 1.165) is 0 Å². The third-order valence-electron chi connectivity index (χ3n) is 2.25. The predicted octanol–water partition coefficient (Wildman–Crippen LogP) is 3.23. The number of hydrogen-bond acceptors (Lipinski definition) is 3. The molecule has 0 heterocycles. The monoisotopic (exact) mass is 341 g/mol. The van der Waals surface area contributed by atoms with Crippen LogP contribution in [0.3, 0.4) is 0 Å². The highest BCUT2D eigenvalue weighted by atomic mass is 79.9. The summed E-state index contributed by atoms with van der Waals surface area (Å²) in [5, 5.41) is 0. The molecular weight excluding hydrogens is 330 g/mol. The zero-order chi connectivity index (χ0) is 13.7. The van der Waals surface area contributed by atoms with Gasteiger partial charge in [-0.2, -0.15) is 0 Å². The molecule has 100 valence electrons. The summed E-state index contributed by atoms with van der Waals surface area (Å²) in [7, 11) is -3.54. The van der Waals surface area contributed by atoms with Gasteiger partial charge in [0, 0.05) is 5.69 Å². The number of anilines is 1. The van der Waals surface area contributed by atoms with E-state index in [1.54, 1.807) is 42.5 Å². The Morgan fingerprint density at radius 1 is 1.00 bits per heavy atom. The van der Waals surface area contributed by atoms with E-state index in [-0.39, 0.29) is 0 Å². The van der Waals surface area contributed by atoms with E-state index >= 15 is 0 Å². The first-order valence-electron chi connectivity index (χ1n) is 5.50. The fourth-order valence-electron chi connectivity index (χ4n) is 1.42. The van der Waals surface area contributed by atoms with Crippen molar-refractivity contribution in [3.8, 4) is 5.75 Å². The molecule has 0 saturated carbocycles. The van der Waals surface area contributed by atoms with E-state index in [2.05, 4.69) is 20.7 Å².